The summed E-state index contributed by atoms with van der Waals surface area (Å²) in [5, 5.41) is -1.44. The van der Waals surface area contributed by atoms with Gasteiger partial charge in [-0.1, -0.05) is 24.6 Å². The Kier molecular flexibility index (Phi) is 5.93. The van der Waals surface area contributed by atoms with Gasteiger partial charge in [-0.05, 0) is 19.3 Å². The third-order valence-corrected chi connectivity index (χ3v) is 6.42. The van der Waals surface area contributed by atoms with Gasteiger partial charge in [0.1, 0.15) is 0 Å². The molecule has 0 aromatic carbocycles. The molecule has 0 aliphatic heterocycles. The molecule has 0 N–H and O–H groups in total. The van der Waals surface area contributed by atoms with Gasteiger partial charge in [-0.15, -0.1) is 0 Å². The summed E-state index contributed by atoms with van der Waals surface area (Å²) >= 11 is 0. The molecule has 0 aromatic rings. The first-order valence-corrected chi connectivity index (χ1v) is 8.00. The molecule has 19 heavy (non-hydrogen) atoms. The number of rotatable bonds is 7. The summed E-state index contributed by atoms with van der Waals surface area (Å²) in [6, 6.07) is 0. The Morgan fingerprint density at radius 2 is 1.53 bits per heavy atom. The van der Waals surface area contributed by atoms with Gasteiger partial charge in [0.15, 0.2) is 0 Å². The van der Waals surface area contributed by atoms with E-state index in [2.05, 4.69) is 0 Å². The molecule has 3 fully saturated rings. The largest absolute Gasteiger partial charge is 1.00 e. The summed E-state index contributed by atoms with van der Waals surface area (Å²) in [6.45, 7) is -0.866. The van der Waals surface area contributed by atoms with Crippen LogP contribution in [0, 0.1) is 5.41 Å². The first-order chi connectivity index (χ1) is 8.20. The van der Waals surface area contributed by atoms with Crippen LogP contribution < -0.4 is 51.4 Å². The zero-order chi connectivity index (χ0) is 13.7. The smallest absolute Gasteiger partial charge is 0.449 e. The van der Waals surface area contributed by atoms with Crippen molar-refractivity contribution in [2.24, 2.45) is 5.41 Å². The normalized spacial score (nSPS) is 33.1. The Morgan fingerprint density at radius 1 is 1.11 bits per heavy atom. The number of halogens is 3. The summed E-state index contributed by atoms with van der Waals surface area (Å²) in [5.41, 5.74) is -0.447. The molecule has 3 aliphatic rings. The molecule has 0 saturated heterocycles. The van der Waals surface area contributed by atoms with E-state index in [0.29, 0.717) is 0 Å². The van der Waals surface area contributed by atoms with Crippen LogP contribution in [0.25, 0.3) is 0 Å². The fraction of sp³-hybridized carbons (Fsp3) is 1.00. The fourth-order valence-corrected chi connectivity index (χ4v) is 5.73. The Labute approximate surface area is 154 Å². The van der Waals surface area contributed by atoms with Crippen molar-refractivity contribution in [3.05, 3.63) is 0 Å². The predicted octanol–water partition coefficient (Wildman–Crippen LogP) is 1.03. The number of hydrogen-bond donors (Lipinski definition) is 0. The van der Waals surface area contributed by atoms with Crippen LogP contribution in [0.15, 0.2) is 0 Å². The molecule has 0 spiro atoms. The van der Waals surface area contributed by atoms with E-state index in [1.54, 1.807) is 13.8 Å². The monoisotopic (exact) mass is 324 g/mol. The second kappa shape index (κ2) is 6.03. The molecular formula is C10H18BF3KO3P. The van der Waals surface area contributed by atoms with E-state index in [-0.39, 0.29) is 90.0 Å². The van der Waals surface area contributed by atoms with Gasteiger partial charge in [-0.2, -0.15) is 0 Å². The Hall–Kier alpha value is 1.64. The average molecular weight is 324 g/mol. The van der Waals surface area contributed by atoms with E-state index in [9.17, 15) is 17.5 Å². The van der Waals surface area contributed by atoms with Crippen LogP contribution in [0.3, 0.4) is 0 Å². The molecule has 3 rings (SSSR count). The maximum absolute atomic E-state index is 12.8. The second-order valence-corrected chi connectivity index (χ2v) is 7.63. The van der Waals surface area contributed by atoms with Gasteiger partial charge in [0.2, 0.25) is 0 Å². The third kappa shape index (κ3) is 3.36. The summed E-state index contributed by atoms with van der Waals surface area (Å²) in [4.78, 5) is 0. The predicted molar refractivity (Wildman–Crippen MR) is 63.8 cm³/mol. The van der Waals surface area contributed by atoms with Crippen LogP contribution >= 0.6 is 7.60 Å². The van der Waals surface area contributed by atoms with Gasteiger partial charge in [0.05, 0.1) is 19.4 Å². The van der Waals surface area contributed by atoms with Crippen LogP contribution in [-0.2, 0) is 13.6 Å². The van der Waals surface area contributed by atoms with Crippen LogP contribution in [-0.4, -0.2) is 26.4 Å². The van der Waals surface area contributed by atoms with Crippen molar-refractivity contribution in [1.29, 1.82) is 0 Å². The van der Waals surface area contributed by atoms with Crippen LogP contribution in [0.2, 0.25) is 5.31 Å². The maximum Gasteiger partial charge on any atom is 1.00 e. The minimum atomic E-state index is -4.77. The van der Waals surface area contributed by atoms with Gasteiger partial charge in [0, 0.05) is 0 Å². The van der Waals surface area contributed by atoms with E-state index >= 15 is 0 Å². The topological polar surface area (TPSA) is 35.5 Å². The summed E-state index contributed by atoms with van der Waals surface area (Å²) in [6.07, 6.45) is 0.449. The van der Waals surface area contributed by atoms with E-state index < -0.39 is 25.3 Å². The first-order valence-electron chi connectivity index (χ1n) is 6.27. The molecule has 106 valence electrons. The minimum absolute atomic E-state index is 0. The van der Waals surface area contributed by atoms with Crippen molar-refractivity contribution in [3.63, 3.8) is 0 Å². The second-order valence-electron chi connectivity index (χ2n) is 5.57. The standard InChI is InChI=1S/C10H18BF3O3P.K/c1-3-16-18(15,17-4-2)8-9-5-10(6-9,7-9)11(12,13)14;/h3-8H2,1-2H3;/q-1;+1. The van der Waals surface area contributed by atoms with Gasteiger partial charge in [0.25, 0.3) is 0 Å². The SMILES string of the molecule is CCOP(=O)(CC12CC([B-](F)(F)F)(C1)C2)OCC.[K+]. The van der Waals surface area contributed by atoms with Crippen molar-refractivity contribution >= 4 is 14.6 Å². The van der Waals surface area contributed by atoms with Crippen LogP contribution in [0.5, 0.6) is 0 Å². The quantitative estimate of drug-likeness (QED) is 0.518. The van der Waals surface area contributed by atoms with Gasteiger partial charge >= 0.3 is 66.0 Å². The van der Waals surface area contributed by atoms with E-state index in [1.165, 1.54) is 0 Å². The molecule has 0 unspecified atom stereocenters. The van der Waals surface area contributed by atoms with Crippen molar-refractivity contribution in [2.45, 2.75) is 38.4 Å². The molecule has 3 aliphatic carbocycles. The van der Waals surface area contributed by atoms with Crippen molar-refractivity contribution in [1.82, 2.24) is 0 Å². The Balaban J connectivity index is 0.00000180. The summed E-state index contributed by atoms with van der Waals surface area (Å²) < 4.78 is 60.8. The van der Waals surface area contributed by atoms with Crippen LogP contribution in [0.4, 0.5) is 12.9 Å². The molecule has 3 saturated carbocycles. The molecule has 0 amide bonds. The van der Waals surface area contributed by atoms with Gasteiger partial charge in [-0.25, -0.2) is 0 Å². The van der Waals surface area contributed by atoms with Gasteiger partial charge < -0.3 is 22.0 Å². The Bertz CT molecular complexity index is 361. The van der Waals surface area contributed by atoms with E-state index in [4.69, 9.17) is 9.05 Å². The molecule has 9 heteroatoms. The molecule has 0 heterocycles. The van der Waals surface area contributed by atoms with Crippen molar-refractivity contribution in [2.75, 3.05) is 19.4 Å². The van der Waals surface area contributed by atoms with E-state index in [0.717, 1.165) is 0 Å². The summed E-state index contributed by atoms with van der Waals surface area (Å²) in [5.74, 6) is 0. The zero-order valence-electron chi connectivity index (χ0n) is 11.6. The van der Waals surface area contributed by atoms with Crippen LogP contribution in [0.1, 0.15) is 33.1 Å². The third-order valence-electron chi connectivity index (χ3n) is 4.06. The summed E-state index contributed by atoms with van der Waals surface area (Å²) in [7, 11) is -3.21. The zero-order valence-corrected chi connectivity index (χ0v) is 15.6. The van der Waals surface area contributed by atoms with Crippen molar-refractivity contribution < 1.29 is 77.9 Å². The van der Waals surface area contributed by atoms with E-state index in [1.807, 2.05) is 0 Å². The molecule has 0 aromatic heterocycles. The first kappa shape index (κ1) is 18.7. The number of hydrogen-bond acceptors (Lipinski definition) is 3. The Morgan fingerprint density at radius 3 is 1.84 bits per heavy atom. The molecule has 0 radical (unpaired) electrons. The molecule has 2 bridgehead atoms. The molecular weight excluding hydrogens is 306 g/mol. The fourth-order valence-electron chi connectivity index (χ4n) is 3.53. The van der Waals surface area contributed by atoms with Gasteiger partial charge in [-0.3, -0.25) is 4.57 Å². The average Bonchev–Trinajstić information content (AvgIpc) is 2.07. The molecule has 0 atom stereocenters. The van der Waals surface area contributed by atoms with Crippen molar-refractivity contribution in [3.8, 4) is 0 Å². The molecule has 3 nitrogen and oxygen atoms in total. The minimum Gasteiger partial charge on any atom is -0.449 e. The maximum atomic E-state index is 12.8.